The highest BCUT2D eigenvalue weighted by Gasteiger charge is 2.37. The van der Waals surface area contributed by atoms with E-state index in [-0.39, 0.29) is 17.9 Å². The van der Waals surface area contributed by atoms with Crippen molar-refractivity contribution in [3.05, 3.63) is 131 Å². The van der Waals surface area contributed by atoms with Gasteiger partial charge in [-0.1, -0.05) is 66.7 Å². The van der Waals surface area contributed by atoms with Crippen molar-refractivity contribution in [2.45, 2.75) is 25.5 Å². The van der Waals surface area contributed by atoms with Crippen molar-refractivity contribution in [1.29, 1.82) is 0 Å². The lowest BCUT2D eigenvalue weighted by atomic mass is 9.95. The number of furan rings is 1. The number of aromatic nitrogens is 1. The summed E-state index contributed by atoms with van der Waals surface area (Å²) in [6, 6.07) is 36.1. The maximum Gasteiger partial charge on any atom is 0.219 e. The monoisotopic (exact) mass is 574 g/mol. The number of rotatable bonds is 3. The third-order valence-electron chi connectivity index (χ3n) is 8.67. The summed E-state index contributed by atoms with van der Waals surface area (Å²) in [5.41, 5.74) is 8.49. The van der Waals surface area contributed by atoms with Gasteiger partial charge < -0.3 is 19.0 Å². The zero-order valence-corrected chi connectivity index (χ0v) is 23.8. The van der Waals surface area contributed by atoms with Crippen LogP contribution in [0.15, 0.2) is 119 Å². The molecule has 6 nitrogen and oxygen atoms in total. The van der Waals surface area contributed by atoms with Gasteiger partial charge in [-0.15, -0.1) is 0 Å². The quantitative estimate of drug-likeness (QED) is 0.228. The fraction of sp³-hybridized carbons (Fsp3) is 0.105. The first-order chi connectivity index (χ1) is 21.6. The van der Waals surface area contributed by atoms with E-state index in [9.17, 15) is 5.11 Å². The van der Waals surface area contributed by atoms with Crippen molar-refractivity contribution in [1.82, 2.24) is 4.98 Å². The number of phenolic OH excluding ortho intramolecular Hbond substituents is 1. The van der Waals surface area contributed by atoms with Crippen molar-refractivity contribution >= 4 is 38.7 Å². The molecule has 0 unspecified atom stereocenters. The Kier molecular flexibility index (Phi) is 5.35. The topological polar surface area (TPSA) is 77.1 Å². The number of aliphatic imine (C=N–C) groups is 1. The molecular formula is C38H26N2O4. The number of para-hydroxylation sites is 1. The number of hydrogen-bond donors (Lipinski definition) is 1. The zero-order chi connectivity index (χ0) is 29.4. The molecule has 2 atom stereocenters. The predicted octanol–water partition coefficient (Wildman–Crippen LogP) is 9.05. The van der Waals surface area contributed by atoms with E-state index in [2.05, 4.69) is 53.5 Å². The van der Waals surface area contributed by atoms with Crippen LogP contribution in [0.2, 0.25) is 0 Å². The molecule has 212 valence electrons. The first-order valence-corrected chi connectivity index (χ1v) is 14.7. The highest BCUT2D eigenvalue weighted by Crippen LogP contribution is 2.44. The van der Waals surface area contributed by atoms with Crippen molar-refractivity contribution in [3.63, 3.8) is 0 Å². The molecule has 7 aromatic rings. The second-order valence-electron chi connectivity index (χ2n) is 11.5. The van der Waals surface area contributed by atoms with Gasteiger partial charge in [-0.25, -0.2) is 9.98 Å². The third-order valence-corrected chi connectivity index (χ3v) is 8.67. The van der Waals surface area contributed by atoms with E-state index < -0.39 is 0 Å². The Labute approximate surface area is 252 Å². The van der Waals surface area contributed by atoms with Crippen LogP contribution >= 0.6 is 0 Å². The summed E-state index contributed by atoms with van der Waals surface area (Å²) >= 11 is 0. The van der Waals surface area contributed by atoms with Crippen LogP contribution in [0.1, 0.15) is 28.3 Å². The number of pyridine rings is 1. The molecule has 1 aliphatic heterocycles. The number of hydrogen-bond acceptors (Lipinski definition) is 6. The molecule has 1 aliphatic carbocycles. The van der Waals surface area contributed by atoms with Crippen LogP contribution in [0, 0.1) is 6.92 Å². The van der Waals surface area contributed by atoms with Crippen LogP contribution < -0.4 is 4.74 Å². The first-order valence-electron chi connectivity index (χ1n) is 14.7. The van der Waals surface area contributed by atoms with Crippen LogP contribution in [0.25, 0.3) is 44.0 Å². The van der Waals surface area contributed by atoms with Gasteiger partial charge in [0.25, 0.3) is 0 Å². The average molecular weight is 575 g/mol. The number of benzene rings is 5. The molecule has 5 aromatic carbocycles. The molecule has 3 heterocycles. The Morgan fingerprint density at radius 1 is 0.818 bits per heavy atom. The number of nitrogens with zero attached hydrogens (tertiary/aromatic N) is 2. The molecule has 0 saturated heterocycles. The van der Waals surface area contributed by atoms with Crippen molar-refractivity contribution in [2.24, 2.45) is 4.99 Å². The van der Waals surface area contributed by atoms with Gasteiger partial charge in [0.05, 0.1) is 5.39 Å². The van der Waals surface area contributed by atoms with E-state index in [4.69, 9.17) is 18.9 Å². The van der Waals surface area contributed by atoms with Crippen LogP contribution in [-0.4, -0.2) is 22.1 Å². The van der Waals surface area contributed by atoms with Gasteiger partial charge in [-0.05, 0) is 71.1 Å². The highest BCUT2D eigenvalue weighted by atomic mass is 16.5. The van der Waals surface area contributed by atoms with Crippen LogP contribution in [-0.2, 0) is 11.2 Å². The maximum absolute atomic E-state index is 10.6. The number of fused-ring (bicyclic) bond motifs is 9. The molecular weight excluding hydrogens is 548 g/mol. The average Bonchev–Trinajstić information content (AvgIpc) is 3.60. The molecule has 0 bridgehead atoms. The number of ether oxygens (including phenoxy) is 2. The smallest absolute Gasteiger partial charge is 0.219 e. The largest absolute Gasteiger partial charge is 0.506 e. The standard InChI is InChI=1S/C38H26N2O4/c1-21-16-23-14-15-34(39-36(23)29(41)17-21)43-32-20-24(19-31-35(32)28-12-6-7-13-30(28)42-31)38-40-37-27-11-5-4-10-26(27)25-9-3-2-8-22(25)18-33(37)44-38/h2-17,19-20,33,37,41H,18H2,1H3/t33-,37-/m0/s1. The van der Waals surface area contributed by atoms with Gasteiger partial charge in [-0.3, -0.25) is 0 Å². The summed E-state index contributed by atoms with van der Waals surface area (Å²) in [5.74, 6) is 1.61. The minimum absolute atomic E-state index is 0.118. The molecule has 0 spiro atoms. The molecule has 0 radical (unpaired) electrons. The Balaban J connectivity index is 1.18. The Morgan fingerprint density at radius 2 is 1.64 bits per heavy atom. The summed E-state index contributed by atoms with van der Waals surface area (Å²) in [7, 11) is 0. The summed E-state index contributed by atoms with van der Waals surface area (Å²) in [4.78, 5) is 9.84. The van der Waals surface area contributed by atoms with Gasteiger partial charge in [-0.2, -0.15) is 0 Å². The van der Waals surface area contributed by atoms with Crippen LogP contribution in [0.3, 0.4) is 0 Å². The van der Waals surface area contributed by atoms with Crippen LogP contribution in [0.4, 0.5) is 0 Å². The fourth-order valence-electron chi connectivity index (χ4n) is 6.73. The fourth-order valence-corrected chi connectivity index (χ4v) is 6.73. The van der Waals surface area contributed by atoms with Gasteiger partial charge >= 0.3 is 0 Å². The van der Waals surface area contributed by atoms with E-state index in [1.807, 2.05) is 61.5 Å². The van der Waals surface area contributed by atoms with E-state index in [0.29, 0.717) is 28.6 Å². The van der Waals surface area contributed by atoms with Gasteiger partial charge in [0.1, 0.15) is 40.3 Å². The molecule has 2 aromatic heterocycles. The summed E-state index contributed by atoms with van der Waals surface area (Å²) in [6.45, 7) is 1.94. The van der Waals surface area contributed by atoms with Crippen LogP contribution in [0.5, 0.6) is 17.4 Å². The van der Waals surface area contributed by atoms with Gasteiger partial charge in [0.2, 0.25) is 11.8 Å². The number of aryl methyl sites for hydroxylation is 1. The summed E-state index contributed by atoms with van der Waals surface area (Å²) in [6.07, 6.45) is 0.613. The molecule has 0 fully saturated rings. The van der Waals surface area contributed by atoms with E-state index >= 15 is 0 Å². The Morgan fingerprint density at radius 3 is 2.57 bits per heavy atom. The minimum Gasteiger partial charge on any atom is -0.506 e. The molecule has 0 saturated carbocycles. The van der Waals surface area contributed by atoms with Crippen molar-refractivity contribution < 1.29 is 19.0 Å². The number of phenols is 1. The van der Waals surface area contributed by atoms with E-state index in [0.717, 1.165) is 44.9 Å². The van der Waals surface area contributed by atoms with E-state index in [1.54, 1.807) is 6.07 Å². The Bertz CT molecular complexity index is 2320. The second kappa shape index (κ2) is 9.44. The molecule has 2 aliphatic rings. The van der Waals surface area contributed by atoms with Crippen molar-refractivity contribution in [3.8, 4) is 28.5 Å². The first kappa shape index (κ1) is 24.9. The maximum atomic E-state index is 10.6. The minimum atomic E-state index is -0.141. The molecule has 9 rings (SSSR count). The van der Waals surface area contributed by atoms with Crippen molar-refractivity contribution in [2.75, 3.05) is 0 Å². The zero-order valence-electron chi connectivity index (χ0n) is 23.8. The molecule has 6 heteroatoms. The number of aromatic hydroxyl groups is 1. The summed E-state index contributed by atoms with van der Waals surface area (Å²) in [5, 5.41) is 13.2. The lowest BCUT2D eigenvalue weighted by Gasteiger charge is -2.16. The third kappa shape index (κ3) is 3.88. The normalized spacial score (nSPS) is 17.1. The lowest BCUT2D eigenvalue weighted by Crippen LogP contribution is -2.18. The lowest BCUT2D eigenvalue weighted by molar-refractivity contribution is 0.194. The van der Waals surface area contributed by atoms with E-state index in [1.165, 1.54) is 16.7 Å². The SMILES string of the molecule is Cc1cc(O)c2nc(Oc3cc(C4=N[C@H]5c6ccccc6-c6ccccc6C[C@@H]5O4)cc4oc5ccccc5c34)ccc2c1. The second-order valence-corrected chi connectivity index (χ2v) is 11.5. The Hall–Kier alpha value is -5.62. The van der Waals surface area contributed by atoms with Gasteiger partial charge in [0, 0.05) is 28.8 Å². The predicted molar refractivity (Wildman–Crippen MR) is 172 cm³/mol. The molecule has 1 N–H and O–H groups in total. The molecule has 0 amide bonds. The van der Waals surface area contributed by atoms with Gasteiger partial charge in [0.15, 0.2) is 0 Å². The molecule has 44 heavy (non-hydrogen) atoms. The highest BCUT2D eigenvalue weighted by molar-refractivity contribution is 6.11. The summed E-state index contributed by atoms with van der Waals surface area (Å²) < 4.78 is 19.5.